The van der Waals surface area contributed by atoms with Crippen molar-refractivity contribution in [2.45, 2.75) is 46.0 Å². The second-order valence-electron chi connectivity index (χ2n) is 4.97. The van der Waals surface area contributed by atoms with Crippen LogP contribution in [0.15, 0.2) is 16.6 Å². The lowest BCUT2D eigenvalue weighted by molar-refractivity contribution is -0.116. The lowest BCUT2D eigenvalue weighted by Crippen LogP contribution is -2.13. The van der Waals surface area contributed by atoms with Crippen molar-refractivity contribution in [3.63, 3.8) is 0 Å². The number of carbonyl (C=O) groups excluding carboxylic acids is 1. The molecule has 0 spiro atoms. The smallest absolute Gasteiger partial charge is 0.224 e. The van der Waals surface area contributed by atoms with Gasteiger partial charge in [0.2, 0.25) is 5.91 Å². The topological polar surface area (TPSA) is 38.3 Å². The van der Waals surface area contributed by atoms with Gasteiger partial charge in [-0.25, -0.2) is 4.39 Å². The predicted octanol–water partition coefficient (Wildman–Crippen LogP) is 5.01. The minimum absolute atomic E-state index is 0.174. The van der Waals surface area contributed by atoms with Crippen LogP contribution in [0.25, 0.3) is 0 Å². The van der Waals surface area contributed by atoms with E-state index >= 15 is 0 Å². The van der Waals surface area contributed by atoms with Crippen LogP contribution < -0.4 is 5.32 Å². The van der Waals surface area contributed by atoms with Gasteiger partial charge in [-0.1, -0.05) is 36.2 Å². The van der Waals surface area contributed by atoms with E-state index in [2.05, 4.69) is 28.2 Å². The Morgan fingerprint density at radius 1 is 1.36 bits per heavy atom. The number of rotatable bonds is 8. The highest BCUT2D eigenvalue weighted by molar-refractivity contribution is 9.10. The van der Waals surface area contributed by atoms with Crippen LogP contribution in [0.5, 0.6) is 0 Å². The van der Waals surface area contributed by atoms with Gasteiger partial charge in [0, 0.05) is 17.3 Å². The summed E-state index contributed by atoms with van der Waals surface area (Å²) in [7, 11) is 0. The molecule has 0 aliphatic rings. The summed E-state index contributed by atoms with van der Waals surface area (Å²) in [6.45, 7) is 4.57. The molecule has 1 N–H and O–H groups in total. The summed E-state index contributed by atoms with van der Waals surface area (Å²) in [6, 6.07) is 2.94. The summed E-state index contributed by atoms with van der Waals surface area (Å²) in [6.07, 6.45) is 3.46. The van der Waals surface area contributed by atoms with Crippen molar-refractivity contribution in [2.24, 2.45) is 0 Å². The maximum atomic E-state index is 13.9. The van der Waals surface area contributed by atoms with E-state index in [1.807, 2.05) is 6.92 Å². The zero-order chi connectivity index (χ0) is 16.5. The van der Waals surface area contributed by atoms with Crippen molar-refractivity contribution in [1.82, 2.24) is 0 Å². The number of anilines is 1. The fourth-order valence-corrected chi connectivity index (χ4v) is 2.50. The first kappa shape index (κ1) is 19.0. The van der Waals surface area contributed by atoms with Crippen LogP contribution in [0.3, 0.4) is 0 Å². The van der Waals surface area contributed by atoms with Crippen molar-refractivity contribution in [3.05, 3.63) is 28.0 Å². The number of unbranched alkanes of at least 4 members (excludes halogenated alkanes) is 1. The molecule has 22 heavy (non-hydrogen) atoms. The number of hydrogen-bond donors (Lipinski definition) is 1. The fraction of sp³-hybridized carbons (Fsp3) is 0.500. The highest BCUT2D eigenvalue weighted by Gasteiger charge is 2.12. The normalized spacial score (nSPS) is 10.4. The molecule has 0 radical (unpaired) electrons. The van der Waals surface area contributed by atoms with E-state index in [9.17, 15) is 9.18 Å². The zero-order valence-electron chi connectivity index (χ0n) is 12.9. The molecule has 0 atom stereocenters. The summed E-state index contributed by atoms with van der Waals surface area (Å²) in [4.78, 5) is 11.6. The molecule has 0 saturated heterocycles. The summed E-state index contributed by atoms with van der Waals surface area (Å²) in [5.41, 5.74) is 0.961. The number of amides is 1. The average Bonchev–Trinajstić information content (AvgIpc) is 2.44. The first-order valence-electron chi connectivity index (χ1n) is 7.41. The zero-order valence-corrected chi connectivity index (χ0v) is 15.3. The molecule has 1 aromatic carbocycles. The molecule has 0 saturated carbocycles. The van der Waals surface area contributed by atoms with Gasteiger partial charge < -0.3 is 10.1 Å². The van der Waals surface area contributed by atoms with Gasteiger partial charge in [0.1, 0.15) is 5.82 Å². The molecule has 122 valence electrons. The second kappa shape index (κ2) is 9.90. The molecule has 0 unspecified atom stereocenters. The van der Waals surface area contributed by atoms with Crippen molar-refractivity contribution in [3.8, 4) is 0 Å². The Balaban J connectivity index is 2.78. The monoisotopic (exact) mass is 389 g/mol. The van der Waals surface area contributed by atoms with Gasteiger partial charge in [-0.05, 0) is 42.8 Å². The van der Waals surface area contributed by atoms with Gasteiger partial charge in [0.15, 0.2) is 5.05 Å². The van der Waals surface area contributed by atoms with Crippen molar-refractivity contribution >= 4 is 44.8 Å². The Hall–Kier alpha value is -1.01. The van der Waals surface area contributed by atoms with Crippen LogP contribution >= 0.6 is 28.1 Å². The number of carbonyl (C=O) groups is 1. The van der Waals surface area contributed by atoms with Crippen molar-refractivity contribution in [2.75, 3.05) is 11.9 Å². The fourth-order valence-electron chi connectivity index (χ4n) is 1.80. The summed E-state index contributed by atoms with van der Waals surface area (Å²) in [5, 5.41) is 3.05. The molecule has 0 fully saturated rings. The molecular formula is C16H21BrFNO2S. The number of ether oxygens (including phenoxy) is 1. The maximum Gasteiger partial charge on any atom is 0.224 e. The molecule has 3 nitrogen and oxygen atoms in total. The van der Waals surface area contributed by atoms with E-state index in [4.69, 9.17) is 17.0 Å². The van der Waals surface area contributed by atoms with E-state index in [-0.39, 0.29) is 11.6 Å². The minimum atomic E-state index is -0.474. The van der Waals surface area contributed by atoms with E-state index in [0.29, 0.717) is 35.4 Å². The second-order valence-corrected chi connectivity index (χ2v) is 6.28. The van der Waals surface area contributed by atoms with Gasteiger partial charge in [-0.2, -0.15) is 0 Å². The third kappa shape index (κ3) is 6.40. The SMILES string of the molecule is CCCCOC(=S)Cc1cc(NC(=O)CCC)c(F)cc1Br. The minimum Gasteiger partial charge on any atom is -0.487 e. The first-order chi connectivity index (χ1) is 10.5. The summed E-state index contributed by atoms with van der Waals surface area (Å²) in [5.74, 6) is -0.672. The van der Waals surface area contributed by atoms with E-state index in [0.717, 1.165) is 18.4 Å². The lowest BCUT2D eigenvalue weighted by atomic mass is 10.1. The van der Waals surface area contributed by atoms with Gasteiger partial charge in [-0.15, -0.1) is 0 Å². The molecule has 0 aliphatic carbocycles. The Morgan fingerprint density at radius 2 is 2.09 bits per heavy atom. The lowest BCUT2D eigenvalue weighted by Gasteiger charge is -2.12. The number of benzene rings is 1. The van der Waals surface area contributed by atoms with Gasteiger partial charge in [0.05, 0.1) is 12.3 Å². The Labute approximate surface area is 144 Å². The van der Waals surface area contributed by atoms with E-state index in [1.54, 1.807) is 6.07 Å². The number of nitrogens with one attached hydrogen (secondary N) is 1. The quantitative estimate of drug-likeness (QED) is 0.501. The highest BCUT2D eigenvalue weighted by Crippen LogP contribution is 2.26. The van der Waals surface area contributed by atoms with Crippen LogP contribution in [-0.4, -0.2) is 17.6 Å². The average molecular weight is 390 g/mol. The standard InChI is InChI=1S/C16H21BrFNO2S/c1-3-5-7-21-16(22)9-11-8-14(13(18)10-12(11)17)19-15(20)6-4-2/h8,10H,3-7,9H2,1-2H3,(H,19,20). The molecule has 6 heteroatoms. The molecule has 0 aliphatic heterocycles. The van der Waals surface area contributed by atoms with E-state index < -0.39 is 5.82 Å². The molecule has 1 aromatic rings. The molecule has 1 rings (SSSR count). The van der Waals surface area contributed by atoms with Crippen molar-refractivity contribution in [1.29, 1.82) is 0 Å². The molecule has 0 aromatic heterocycles. The van der Waals surface area contributed by atoms with E-state index in [1.165, 1.54) is 6.07 Å². The summed E-state index contributed by atoms with van der Waals surface area (Å²) < 4.78 is 20.0. The molecule has 1 amide bonds. The largest absolute Gasteiger partial charge is 0.487 e. The van der Waals surface area contributed by atoms with Crippen LogP contribution in [0.4, 0.5) is 10.1 Å². The Morgan fingerprint density at radius 3 is 2.73 bits per heavy atom. The molecule has 0 heterocycles. The number of halogens is 2. The first-order valence-corrected chi connectivity index (χ1v) is 8.61. The number of thiocarbonyl (C=S) groups is 1. The Kier molecular flexibility index (Phi) is 8.56. The third-order valence-corrected chi connectivity index (χ3v) is 3.98. The predicted molar refractivity (Wildman–Crippen MR) is 94.8 cm³/mol. The Bertz CT molecular complexity index is 537. The van der Waals surface area contributed by atoms with Crippen molar-refractivity contribution < 1.29 is 13.9 Å². The molecular weight excluding hydrogens is 369 g/mol. The molecule has 0 bridgehead atoms. The summed E-state index contributed by atoms with van der Waals surface area (Å²) >= 11 is 8.51. The third-order valence-electron chi connectivity index (χ3n) is 2.98. The van der Waals surface area contributed by atoms with Gasteiger partial charge in [-0.3, -0.25) is 4.79 Å². The van der Waals surface area contributed by atoms with Gasteiger partial charge >= 0.3 is 0 Å². The highest BCUT2D eigenvalue weighted by atomic mass is 79.9. The van der Waals surface area contributed by atoms with Crippen LogP contribution in [0.1, 0.15) is 45.1 Å². The maximum absolute atomic E-state index is 13.9. The van der Waals surface area contributed by atoms with Crippen LogP contribution in [0, 0.1) is 5.82 Å². The van der Waals surface area contributed by atoms with Crippen LogP contribution in [0.2, 0.25) is 0 Å². The van der Waals surface area contributed by atoms with Gasteiger partial charge in [0.25, 0.3) is 0 Å². The number of hydrogen-bond acceptors (Lipinski definition) is 3. The van der Waals surface area contributed by atoms with Crippen LogP contribution in [-0.2, 0) is 16.0 Å².